The van der Waals surface area contributed by atoms with Crippen LogP contribution in [0, 0.1) is 10.8 Å². The highest BCUT2D eigenvalue weighted by molar-refractivity contribution is 6.20. The van der Waals surface area contributed by atoms with Crippen LogP contribution in [0.1, 0.15) is 52.7 Å². The lowest BCUT2D eigenvalue weighted by molar-refractivity contribution is 0.0965. The maximum absolute atomic E-state index is 2.58. The largest absolute Gasteiger partial charge is 0.310 e. The van der Waals surface area contributed by atoms with Gasteiger partial charge >= 0.3 is 0 Å². The molecule has 1 aliphatic carbocycles. The first-order valence-corrected chi connectivity index (χ1v) is 29.2. The summed E-state index contributed by atoms with van der Waals surface area (Å²) in [6, 6.07) is 108. The van der Waals surface area contributed by atoms with Crippen LogP contribution in [0.2, 0.25) is 0 Å². The summed E-state index contributed by atoms with van der Waals surface area (Å²) in [6.07, 6.45) is 0. The van der Waals surface area contributed by atoms with Crippen LogP contribution in [0.5, 0.6) is 0 Å². The molecule has 1 aliphatic rings. The molecule has 0 N–H and O–H groups in total. The average Bonchev–Trinajstić information content (AvgIpc) is 1.66. The van der Waals surface area contributed by atoms with Crippen molar-refractivity contribution in [2.45, 2.75) is 47.0 Å². The Hall–Kier alpha value is -9.76. The third-order valence-electron chi connectivity index (χ3n) is 17.7. The molecule has 0 bridgehead atoms. The lowest BCUT2D eigenvalue weighted by Gasteiger charge is -2.53. The van der Waals surface area contributed by atoms with Gasteiger partial charge in [0, 0.05) is 39.3 Å². The summed E-state index contributed by atoms with van der Waals surface area (Å²) in [6.45, 7) is 14.9. The molecule has 2 nitrogen and oxygen atoms in total. The SMILES string of the molecule is CC(C)(C)C1(C(C)(C)C)c2cc3cc(N(c4ccccc4)c4ccc(-c5ccccc5)cc4-c4ccccc4)ccc3cc2-c2c1c1ccc(N(c3ccccc3)c3ccc(-c4ccccc4)cc3-c3ccccc3)cc1c1ccccc21. The van der Waals surface area contributed by atoms with E-state index in [4.69, 9.17) is 0 Å². The highest BCUT2D eigenvalue weighted by Gasteiger charge is 2.59. The summed E-state index contributed by atoms with van der Waals surface area (Å²) in [5, 5.41) is 7.53. The number of rotatable bonds is 10. The zero-order valence-corrected chi connectivity index (χ0v) is 48.1. The van der Waals surface area contributed by atoms with Crippen LogP contribution in [0.4, 0.5) is 34.1 Å². The molecule has 0 amide bonds. The molecule has 0 saturated carbocycles. The molecule has 0 atom stereocenters. The first-order chi connectivity index (χ1) is 40.5. The number of hydrogen-bond donors (Lipinski definition) is 0. The minimum atomic E-state index is -0.432. The van der Waals surface area contributed by atoms with Gasteiger partial charge < -0.3 is 9.80 Å². The highest BCUT2D eigenvalue weighted by atomic mass is 15.1. The number of fused-ring (bicyclic) bond motifs is 9. The lowest BCUT2D eigenvalue weighted by Crippen LogP contribution is -2.50. The van der Waals surface area contributed by atoms with Crippen LogP contribution in [0.25, 0.3) is 88.0 Å². The average molecular weight is 1070 g/mol. The van der Waals surface area contributed by atoms with E-state index in [2.05, 4.69) is 343 Å². The topological polar surface area (TPSA) is 6.48 Å². The van der Waals surface area contributed by atoms with Gasteiger partial charge in [0.15, 0.2) is 0 Å². The van der Waals surface area contributed by atoms with Crippen molar-refractivity contribution in [3.05, 3.63) is 302 Å². The maximum Gasteiger partial charge on any atom is 0.0540 e. The molecule has 14 rings (SSSR count). The Labute approximate surface area is 489 Å². The van der Waals surface area contributed by atoms with Gasteiger partial charge in [-0.1, -0.05) is 248 Å². The predicted molar refractivity (Wildman–Crippen MR) is 355 cm³/mol. The molecule has 0 unspecified atom stereocenters. The van der Waals surface area contributed by atoms with Crippen LogP contribution in [-0.4, -0.2) is 0 Å². The zero-order valence-electron chi connectivity index (χ0n) is 48.1. The van der Waals surface area contributed by atoms with Crippen LogP contribution in [0.15, 0.2) is 291 Å². The summed E-state index contributed by atoms with van der Waals surface area (Å²) < 4.78 is 0. The van der Waals surface area contributed by atoms with Crippen molar-refractivity contribution in [1.29, 1.82) is 0 Å². The Bertz CT molecular complexity index is 4520. The number of para-hydroxylation sites is 2. The van der Waals surface area contributed by atoms with Crippen LogP contribution in [0.3, 0.4) is 0 Å². The lowest BCUT2D eigenvalue weighted by atomic mass is 9.49. The molecule has 0 radical (unpaired) electrons. The third-order valence-corrected chi connectivity index (χ3v) is 17.7. The predicted octanol–water partition coefficient (Wildman–Crippen LogP) is 23.1. The molecule has 2 heteroatoms. The van der Waals surface area contributed by atoms with Crippen molar-refractivity contribution < 1.29 is 0 Å². The number of anilines is 6. The van der Waals surface area contributed by atoms with Gasteiger partial charge in [-0.2, -0.15) is 0 Å². The summed E-state index contributed by atoms with van der Waals surface area (Å²) in [4.78, 5) is 4.93. The minimum Gasteiger partial charge on any atom is -0.310 e. The first kappa shape index (κ1) is 51.4. The van der Waals surface area contributed by atoms with Gasteiger partial charge in [0.05, 0.1) is 11.4 Å². The molecule has 13 aromatic carbocycles. The summed E-state index contributed by atoms with van der Waals surface area (Å²) in [5.41, 5.74) is 20.7. The summed E-state index contributed by atoms with van der Waals surface area (Å²) >= 11 is 0. The van der Waals surface area contributed by atoms with Crippen molar-refractivity contribution in [1.82, 2.24) is 0 Å². The molecule has 83 heavy (non-hydrogen) atoms. The Morgan fingerprint density at radius 3 is 1.17 bits per heavy atom. The van der Waals surface area contributed by atoms with Crippen LogP contribution < -0.4 is 9.80 Å². The molecule has 0 fully saturated rings. The first-order valence-electron chi connectivity index (χ1n) is 29.2. The molecule has 13 aromatic rings. The molecule has 0 heterocycles. The fraction of sp³-hybridized carbons (Fsp3) is 0.111. The van der Waals surface area contributed by atoms with Crippen LogP contribution in [-0.2, 0) is 5.41 Å². The molecule has 0 saturated heterocycles. The Morgan fingerprint density at radius 1 is 0.265 bits per heavy atom. The Kier molecular flexibility index (Phi) is 12.6. The quantitative estimate of drug-likeness (QED) is 0.126. The third kappa shape index (κ3) is 8.63. The molecule has 0 aromatic heterocycles. The van der Waals surface area contributed by atoms with Crippen molar-refractivity contribution >= 4 is 66.4 Å². The van der Waals surface area contributed by atoms with Crippen molar-refractivity contribution in [3.63, 3.8) is 0 Å². The second-order valence-electron chi connectivity index (χ2n) is 24.5. The van der Waals surface area contributed by atoms with E-state index in [1.54, 1.807) is 0 Å². The van der Waals surface area contributed by atoms with Gasteiger partial charge in [0.1, 0.15) is 0 Å². The van der Waals surface area contributed by atoms with E-state index in [0.717, 1.165) is 34.1 Å². The van der Waals surface area contributed by atoms with E-state index >= 15 is 0 Å². The summed E-state index contributed by atoms with van der Waals surface area (Å²) in [7, 11) is 0. The second kappa shape index (κ2) is 20.3. The van der Waals surface area contributed by atoms with Gasteiger partial charge in [-0.05, 0) is 184 Å². The van der Waals surface area contributed by atoms with Gasteiger partial charge in [-0.15, -0.1) is 0 Å². The minimum absolute atomic E-state index is 0.229. The van der Waals surface area contributed by atoms with E-state index in [1.165, 1.54) is 99.1 Å². The van der Waals surface area contributed by atoms with Gasteiger partial charge in [0.2, 0.25) is 0 Å². The number of benzene rings is 13. The molecule has 0 spiro atoms. The van der Waals surface area contributed by atoms with Crippen molar-refractivity contribution in [2.75, 3.05) is 9.80 Å². The fourth-order valence-electron chi connectivity index (χ4n) is 14.5. The van der Waals surface area contributed by atoms with Crippen LogP contribution >= 0.6 is 0 Å². The van der Waals surface area contributed by atoms with Gasteiger partial charge in [-0.25, -0.2) is 0 Å². The number of hydrogen-bond acceptors (Lipinski definition) is 2. The number of nitrogens with zero attached hydrogens (tertiary/aromatic N) is 2. The monoisotopic (exact) mass is 1070 g/mol. The molecular weight excluding hydrogens is 1000 g/mol. The van der Waals surface area contributed by atoms with E-state index in [9.17, 15) is 0 Å². The Balaban J connectivity index is 0.988. The second-order valence-corrected chi connectivity index (χ2v) is 24.5. The molecule has 0 aliphatic heterocycles. The van der Waals surface area contributed by atoms with E-state index in [1.807, 2.05) is 0 Å². The fourth-order valence-corrected chi connectivity index (χ4v) is 14.5. The van der Waals surface area contributed by atoms with Gasteiger partial charge in [-0.3, -0.25) is 0 Å². The van der Waals surface area contributed by atoms with Crippen molar-refractivity contribution in [3.8, 4) is 55.6 Å². The molecular formula is C81H66N2. The van der Waals surface area contributed by atoms with Crippen molar-refractivity contribution in [2.24, 2.45) is 10.8 Å². The van der Waals surface area contributed by atoms with E-state index in [-0.39, 0.29) is 10.8 Å². The molecule has 400 valence electrons. The highest BCUT2D eigenvalue weighted by Crippen LogP contribution is 2.68. The normalized spacial score (nSPS) is 12.8. The Morgan fingerprint density at radius 2 is 0.687 bits per heavy atom. The summed E-state index contributed by atoms with van der Waals surface area (Å²) in [5.74, 6) is 0. The van der Waals surface area contributed by atoms with Gasteiger partial charge in [0.25, 0.3) is 0 Å². The zero-order chi connectivity index (χ0) is 56.5. The maximum atomic E-state index is 2.58. The van der Waals surface area contributed by atoms with E-state index in [0.29, 0.717) is 0 Å². The standard InChI is InChI=1S/C81H66N2/c1-79(2,3)81(80(4,5)6)74-53-62-49-65(82(63-35-21-11-22-36-63)75-47-42-59(55-27-13-7-14-28-55)50-70(75)57-31-17-9-18-32-57)44-41-61(62)52-73(74)77-68-40-26-25-39-67(68)72-54-66(45-46-69(72)78(77)81)83(64-37-23-12-24-38-64)76-48-43-60(56-29-15-8-16-30-56)51-71(76)58-33-19-10-20-34-58/h7-54H,1-6H3. The smallest absolute Gasteiger partial charge is 0.0540 e. The van der Waals surface area contributed by atoms with E-state index < -0.39 is 5.41 Å².